The van der Waals surface area contributed by atoms with Gasteiger partial charge in [-0.15, -0.1) is 0 Å². The van der Waals surface area contributed by atoms with Gasteiger partial charge in [-0.1, -0.05) is 37.3 Å². The largest absolute Gasteiger partial charge is 0.323 e. The van der Waals surface area contributed by atoms with Gasteiger partial charge in [0.25, 0.3) is 0 Å². The fraction of sp³-hybridized carbons (Fsp3) is 0.286. The maximum absolute atomic E-state index is 12.8. The quantitative estimate of drug-likeness (QED) is 0.798. The van der Waals surface area contributed by atoms with Crippen LogP contribution in [0.25, 0.3) is 6.08 Å². The minimum atomic E-state index is -3.48. The minimum absolute atomic E-state index is 0.259. The topological polar surface area (TPSA) is 66.5 Å². The number of amides is 1. The summed E-state index contributed by atoms with van der Waals surface area (Å²) in [6.07, 6.45) is 5.14. The summed E-state index contributed by atoms with van der Waals surface area (Å²) in [4.78, 5) is 12.3. The molecule has 6 heteroatoms. The number of benzene rings is 2. The fourth-order valence-corrected chi connectivity index (χ4v) is 4.74. The maximum Gasteiger partial charge on any atom is 0.248 e. The van der Waals surface area contributed by atoms with Crippen molar-refractivity contribution >= 4 is 27.7 Å². The smallest absolute Gasteiger partial charge is 0.248 e. The van der Waals surface area contributed by atoms with Gasteiger partial charge in [0.15, 0.2) is 0 Å². The molecule has 1 fully saturated rings. The van der Waals surface area contributed by atoms with Crippen LogP contribution in [-0.2, 0) is 14.8 Å². The monoisotopic (exact) mass is 384 g/mol. The molecule has 1 aliphatic heterocycles. The predicted octanol–water partition coefficient (Wildman–Crippen LogP) is 3.76. The van der Waals surface area contributed by atoms with Crippen LogP contribution in [-0.4, -0.2) is 31.7 Å². The molecule has 142 valence electrons. The van der Waals surface area contributed by atoms with Gasteiger partial charge in [0.1, 0.15) is 0 Å². The van der Waals surface area contributed by atoms with Crippen molar-refractivity contribution in [3.8, 4) is 0 Å². The lowest BCUT2D eigenvalue weighted by molar-refractivity contribution is -0.111. The number of sulfonamides is 1. The summed E-state index contributed by atoms with van der Waals surface area (Å²) in [6.45, 7) is 3.20. The molecule has 1 heterocycles. The highest BCUT2D eigenvalue weighted by atomic mass is 32.2. The Balaban J connectivity index is 1.64. The molecule has 5 nitrogen and oxygen atoms in total. The number of nitrogens with zero attached hydrogens (tertiary/aromatic N) is 1. The van der Waals surface area contributed by atoms with Crippen molar-refractivity contribution in [3.05, 3.63) is 66.2 Å². The normalized spacial score (nSPS) is 18.5. The molecule has 0 aromatic heterocycles. The predicted molar refractivity (Wildman–Crippen MR) is 108 cm³/mol. The first kappa shape index (κ1) is 19.3. The molecule has 1 saturated heterocycles. The molecule has 1 aliphatic rings. The molecule has 3 rings (SSSR count). The standard InChI is InChI=1S/C21H24N2O3S/c1-17-6-5-15-23(16-17)27(25,26)20-12-10-19(11-13-20)22-21(24)14-9-18-7-3-2-4-8-18/h2-4,7-14,17H,5-6,15-16H2,1H3,(H,22,24)/b14-9+. The van der Waals surface area contributed by atoms with Gasteiger partial charge in [0.05, 0.1) is 4.90 Å². The average Bonchev–Trinajstić information content (AvgIpc) is 2.68. The zero-order chi connectivity index (χ0) is 19.3. The van der Waals surface area contributed by atoms with E-state index in [1.54, 1.807) is 34.6 Å². The molecule has 0 saturated carbocycles. The van der Waals surface area contributed by atoms with Crippen molar-refractivity contribution in [1.82, 2.24) is 4.31 Å². The lowest BCUT2D eigenvalue weighted by Crippen LogP contribution is -2.39. The molecule has 2 aromatic rings. The molecule has 1 unspecified atom stereocenters. The van der Waals surface area contributed by atoms with E-state index in [0.717, 1.165) is 18.4 Å². The van der Waals surface area contributed by atoms with Crippen LogP contribution in [0.5, 0.6) is 0 Å². The Morgan fingerprint density at radius 1 is 1.11 bits per heavy atom. The van der Waals surface area contributed by atoms with E-state index in [1.807, 2.05) is 30.3 Å². The number of anilines is 1. The molecule has 0 spiro atoms. The van der Waals surface area contributed by atoms with Crippen molar-refractivity contribution in [3.63, 3.8) is 0 Å². The lowest BCUT2D eigenvalue weighted by atomic mass is 10.0. The van der Waals surface area contributed by atoms with Gasteiger partial charge in [-0.25, -0.2) is 8.42 Å². The first-order valence-corrected chi connectivity index (χ1v) is 10.5. The molecular weight excluding hydrogens is 360 g/mol. The summed E-state index contributed by atoms with van der Waals surface area (Å²) < 4.78 is 27.1. The Kier molecular flexibility index (Phi) is 6.08. The van der Waals surface area contributed by atoms with Gasteiger partial charge in [-0.05, 0) is 54.7 Å². The van der Waals surface area contributed by atoms with Crippen LogP contribution in [0.1, 0.15) is 25.3 Å². The highest BCUT2D eigenvalue weighted by Gasteiger charge is 2.28. The molecular formula is C21H24N2O3S. The Bertz CT molecular complexity index is 906. The third-order valence-corrected chi connectivity index (χ3v) is 6.49. The Labute approximate surface area is 160 Å². The highest BCUT2D eigenvalue weighted by molar-refractivity contribution is 7.89. The first-order valence-electron chi connectivity index (χ1n) is 9.09. The van der Waals surface area contributed by atoms with E-state index in [0.29, 0.717) is 24.7 Å². The summed E-state index contributed by atoms with van der Waals surface area (Å²) in [6, 6.07) is 15.9. The number of rotatable bonds is 5. The Morgan fingerprint density at radius 2 is 1.81 bits per heavy atom. The van der Waals surface area contributed by atoms with E-state index in [-0.39, 0.29) is 10.8 Å². The number of piperidine rings is 1. The van der Waals surface area contributed by atoms with E-state index < -0.39 is 10.0 Å². The zero-order valence-corrected chi connectivity index (χ0v) is 16.2. The van der Waals surface area contributed by atoms with Crippen LogP contribution < -0.4 is 5.32 Å². The maximum atomic E-state index is 12.8. The third kappa shape index (κ3) is 5.05. The SMILES string of the molecule is CC1CCCN(S(=O)(=O)c2ccc(NC(=O)/C=C/c3ccccc3)cc2)C1. The highest BCUT2D eigenvalue weighted by Crippen LogP contribution is 2.24. The summed E-state index contributed by atoms with van der Waals surface area (Å²) >= 11 is 0. The van der Waals surface area contributed by atoms with Crippen molar-refractivity contribution < 1.29 is 13.2 Å². The van der Waals surface area contributed by atoms with E-state index >= 15 is 0 Å². The molecule has 1 N–H and O–H groups in total. The second-order valence-corrected chi connectivity index (χ2v) is 8.81. The van der Waals surface area contributed by atoms with Crippen LogP contribution in [0, 0.1) is 5.92 Å². The Morgan fingerprint density at radius 3 is 2.48 bits per heavy atom. The molecule has 27 heavy (non-hydrogen) atoms. The first-order chi connectivity index (χ1) is 12.9. The average molecular weight is 385 g/mol. The van der Waals surface area contributed by atoms with Crippen LogP contribution in [0.3, 0.4) is 0 Å². The van der Waals surface area contributed by atoms with Crippen molar-refractivity contribution in [1.29, 1.82) is 0 Å². The summed E-state index contributed by atoms with van der Waals surface area (Å²) in [5.74, 6) is 0.114. The number of hydrogen-bond acceptors (Lipinski definition) is 3. The summed E-state index contributed by atoms with van der Waals surface area (Å²) in [5, 5.41) is 2.74. The van der Waals surface area contributed by atoms with Crippen LogP contribution in [0.15, 0.2) is 65.6 Å². The van der Waals surface area contributed by atoms with Gasteiger partial charge < -0.3 is 5.32 Å². The molecule has 0 bridgehead atoms. The molecule has 0 aliphatic carbocycles. The van der Waals surface area contributed by atoms with Gasteiger partial charge in [0.2, 0.25) is 15.9 Å². The van der Waals surface area contributed by atoms with Gasteiger partial charge >= 0.3 is 0 Å². The van der Waals surface area contributed by atoms with Crippen LogP contribution in [0.2, 0.25) is 0 Å². The number of carbonyl (C=O) groups excluding carboxylic acids is 1. The number of nitrogens with one attached hydrogen (secondary N) is 1. The molecule has 1 amide bonds. The summed E-state index contributed by atoms with van der Waals surface area (Å²) in [5.41, 5.74) is 1.49. The van der Waals surface area contributed by atoms with Crippen LogP contribution >= 0.6 is 0 Å². The van der Waals surface area contributed by atoms with Crippen molar-refractivity contribution in [2.45, 2.75) is 24.7 Å². The molecule has 2 aromatic carbocycles. The molecule has 0 radical (unpaired) electrons. The molecule has 1 atom stereocenters. The van der Waals surface area contributed by atoms with E-state index in [4.69, 9.17) is 0 Å². The third-order valence-electron chi connectivity index (χ3n) is 4.61. The van der Waals surface area contributed by atoms with E-state index in [1.165, 1.54) is 6.08 Å². The van der Waals surface area contributed by atoms with Gasteiger partial charge in [-0.2, -0.15) is 4.31 Å². The summed E-state index contributed by atoms with van der Waals surface area (Å²) in [7, 11) is -3.48. The van der Waals surface area contributed by atoms with Crippen molar-refractivity contribution in [2.24, 2.45) is 5.92 Å². The van der Waals surface area contributed by atoms with Gasteiger partial charge in [0, 0.05) is 24.9 Å². The second kappa shape index (κ2) is 8.50. The van der Waals surface area contributed by atoms with Gasteiger partial charge in [-0.3, -0.25) is 4.79 Å². The van der Waals surface area contributed by atoms with Crippen molar-refractivity contribution in [2.75, 3.05) is 18.4 Å². The minimum Gasteiger partial charge on any atom is -0.323 e. The fourth-order valence-electron chi connectivity index (χ4n) is 3.14. The number of hydrogen-bond donors (Lipinski definition) is 1. The lowest BCUT2D eigenvalue weighted by Gasteiger charge is -2.30. The van der Waals surface area contributed by atoms with Crippen LogP contribution in [0.4, 0.5) is 5.69 Å². The zero-order valence-electron chi connectivity index (χ0n) is 15.3. The Hall–Kier alpha value is -2.44. The van der Waals surface area contributed by atoms with E-state index in [9.17, 15) is 13.2 Å². The second-order valence-electron chi connectivity index (χ2n) is 6.87. The number of carbonyl (C=O) groups is 1. The van der Waals surface area contributed by atoms with E-state index in [2.05, 4.69) is 12.2 Å².